The van der Waals surface area contributed by atoms with Crippen molar-refractivity contribution < 1.29 is 67.8 Å². The van der Waals surface area contributed by atoms with Gasteiger partial charge in [0.05, 0.1) is 29.6 Å². The molecule has 2 saturated carbocycles. The molecular formula is C45H50N2O14S. The molecule has 16 nitrogen and oxygen atoms in total. The Bertz CT molecular complexity index is 2270. The van der Waals surface area contributed by atoms with E-state index in [2.05, 4.69) is 10.6 Å². The molecule has 2 unspecified atom stereocenters. The van der Waals surface area contributed by atoms with Crippen LogP contribution in [0.3, 0.4) is 0 Å². The zero-order valence-electron chi connectivity index (χ0n) is 35.0. The second-order valence-corrected chi connectivity index (χ2v) is 18.1. The van der Waals surface area contributed by atoms with Gasteiger partial charge in [0.1, 0.15) is 30.0 Å². The van der Waals surface area contributed by atoms with Gasteiger partial charge in [0.2, 0.25) is 0 Å². The van der Waals surface area contributed by atoms with E-state index in [-0.39, 0.29) is 29.7 Å². The van der Waals surface area contributed by atoms with Gasteiger partial charge < -0.3 is 49.6 Å². The van der Waals surface area contributed by atoms with Crippen LogP contribution in [0.4, 0.5) is 10.5 Å². The third kappa shape index (κ3) is 7.48. The zero-order chi connectivity index (χ0) is 44.9. The number of nitrogens with one attached hydrogen (secondary N) is 2. The van der Waals surface area contributed by atoms with Gasteiger partial charge in [-0.25, -0.2) is 14.4 Å². The van der Waals surface area contributed by atoms with Gasteiger partial charge in [0.15, 0.2) is 23.6 Å². The van der Waals surface area contributed by atoms with Crippen LogP contribution in [0.25, 0.3) is 0 Å². The van der Waals surface area contributed by atoms with Crippen molar-refractivity contribution in [1.82, 2.24) is 5.32 Å². The number of rotatable bonds is 10. The molecule has 2 aromatic carbocycles. The van der Waals surface area contributed by atoms with E-state index in [4.69, 9.17) is 23.7 Å². The van der Waals surface area contributed by atoms with Gasteiger partial charge in [-0.15, -0.1) is 11.3 Å². The van der Waals surface area contributed by atoms with Crippen LogP contribution in [-0.4, -0.2) is 105 Å². The Morgan fingerprint density at radius 3 is 2.15 bits per heavy atom. The highest BCUT2D eigenvalue weighted by Crippen LogP contribution is 2.64. The number of thiophene rings is 1. The van der Waals surface area contributed by atoms with Crippen molar-refractivity contribution in [3.05, 3.63) is 99.8 Å². The molecule has 1 aliphatic heterocycles. The van der Waals surface area contributed by atoms with Crippen molar-refractivity contribution in [2.24, 2.45) is 16.7 Å². The molecule has 3 aliphatic carbocycles. The number of amides is 2. The number of ketones is 1. The van der Waals surface area contributed by atoms with Crippen LogP contribution >= 0.6 is 11.3 Å². The second kappa shape index (κ2) is 16.7. The molecule has 7 rings (SSSR count). The number of aliphatic hydroxyl groups is 3. The number of benzene rings is 2. The quantitative estimate of drug-likeness (QED) is 0.109. The number of aliphatic hydroxyl groups excluding tert-OH is 2. The summed E-state index contributed by atoms with van der Waals surface area (Å²) in [6.07, 6.45) is -10.5. The average molecular weight is 875 g/mol. The number of carbonyl (C=O) groups is 6. The maximum Gasteiger partial charge on any atom is 0.338 e. The summed E-state index contributed by atoms with van der Waals surface area (Å²) in [5.74, 6) is -6.26. The third-order valence-electron chi connectivity index (χ3n) is 13.2. The van der Waals surface area contributed by atoms with Crippen LogP contribution in [0.2, 0.25) is 0 Å². The van der Waals surface area contributed by atoms with Crippen LogP contribution in [-0.2, 0) is 42.9 Å². The Morgan fingerprint density at radius 1 is 0.903 bits per heavy atom. The monoisotopic (exact) mass is 874 g/mol. The summed E-state index contributed by atoms with van der Waals surface area (Å²) in [6.45, 7) is 7.96. The number of para-hydroxylation sites is 1. The van der Waals surface area contributed by atoms with E-state index in [1.165, 1.54) is 26.0 Å². The van der Waals surface area contributed by atoms with Gasteiger partial charge in [-0.2, -0.15) is 0 Å². The minimum absolute atomic E-state index is 0.00457. The van der Waals surface area contributed by atoms with E-state index in [0.29, 0.717) is 10.6 Å². The molecule has 0 radical (unpaired) electrons. The highest BCUT2D eigenvalue weighted by Gasteiger charge is 2.78. The summed E-state index contributed by atoms with van der Waals surface area (Å²) in [5.41, 5.74) is -7.20. The first-order valence-electron chi connectivity index (χ1n) is 20.2. The minimum Gasteiger partial charge on any atom is -0.456 e. The maximum absolute atomic E-state index is 15.5. The lowest BCUT2D eigenvalue weighted by Crippen LogP contribution is -2.82. The Labute approximate surface area is 361 Å². The van der Waals surface area contributed by atoms with Gasteiger partial charge in [0.25, 0.3) is 0 Å². The highest BCUT2D eigenvalue weighted by atomic mass is 32.1. The third-order valence-corrected chi connectivity index (χ3v) is 14.1. The molecule has 330 valence electrons. The molecule has 11 atom stereocenters. The van der Waals surface area contributed by atoms with Crippen molar-refractivity contribution >= 4 is 52.7 Å². The summed E-state index contributed by atoms with van der Waals surface area (Å²) in [5, 5.41) is 44.4. The summed E-state index contributed by atoms with van der Waals surface area (Å²) < 4.78 is 30.2. The Kier molecular flexibility index (Phi) is 12.0. The summed E-state index contributed by atoms with van der Waals surface area (Å²) in [4.78, 5) is 83.5. The fourth-order valence-corrected chi connectivity index (χ4v) is 10.8. The molecule has 62 heavy (non-hydrogen) atoms. The van der Waals surface area contributed by atoms with E-state index in [1.54, 1.807) is 79.9 Å². The molecule has 3 fully saturated rings. The van der Waals surface area contributed by atoms with Crippen molar-refractivity contribution in [3.8, 4) is 0 Å². The van der Waals surface area contributed by atoms with Crippen molar-refractivity contribution in [1.29, 1.82) is 0 Å². The van der Waals surface area contributed by atoms with Crippen LogP contribution in [0, 0.1) is 16.7 Å². The fourth-order valence-electron chi connectivity index (χ4n) is 9.97. The molecule has 5 N–H and O–H groups in total. The van der Waals surface area contributed by atoms with Crippen molar-refractivity contribution in [2.45, 2.75) is 108 Å². The lowest BCUT2D eigenvalue weighted by molar-refractivity contribution is -0.346. The normalized spacial score (nSPS) is 31.9. The molecule has 1 aromatic heterocycles. The minimum atomic E-state index is -2.39. The number of ether oxygens (including phenoxy) is 5. The van der Waals surface area contributed by atoms with Gasteiger partial charge in [-0.1, -0.05) is 56.3 Å². The molecule has 17 heteroatoms. The number of fused-ring (bicyclic) bond motifs is 5. The number of esters is 4. The maximum atomic E-state index is 15.5. The molecular weight excluding hydrogens is 825 g/mol. The summed E-state index contributed by atoms with van der Waals surface area (Å²) in [6, 6.07) is 17.6. The fraction of sp³-hybridized carbons (Fsp3) is 0.467. The number of hydrogen-bond acceptors (Lipinski definition) is 15. The number of anilines is 1. The van der Waals surface area contributed by atoms with Crippen molar-refractivity contribution in [3.63, 3.8) is 0 Å². The van der Waals surface area contributed by atoms with E-state index in [0.717, 1.165) is 25.2 Å². The average Bonchev–Trinajstić information content (AvgIpc) is 3.76. The zero-order valence-corrected chi connectivity index (χ0v) is 35.8. The lowest BCUT2D eigenvalue weighted by atomic mass is 9.44. The molecule has 2 heterocycles. The Hall–Kier alpha value is -5.46. The van der Waals surface area contributed by atoms with Gasteiger partial charge in [-0.3, -0.25) is 14.4 Å². The standard InChI is InChI=1S/C45H50N2O14S/c1-23-28(59-40(54)34(51)33(29-18-13-19-62-29)47-41(55)46-27-16-11-8-12-17-27)21-45(56)38(60-39(53)26-14-9-7-10-15-26)36-43(6,30(50)20-31-44(36,22-57-31)61-25(3)49)37(52)35(58-24(2)48)32(23)42(45,4)5/h7-19,28,30-31,33-36,38,50-51,56H,20-22H2,1-6H3,(H2,46,47,55)/t28?,30-,31+,33?,34+,35+,36-,38-,43+,44-,45+/m0/s1. The summed E-state index contributed by atoms with van der Waals surface area (Å²) >= 11 is 1.16. The molecule has 0 spiro atoms. The lowest BCUT2D eigenvalue weighted by Gasteiger charge is -2.67. The molecule has 2 amide bonds. The first-order valence-corrected chi connectivity index (χ1v) is 21.1. The number of hydrogen-bond donors (Lipinski definition) is 5. The largest absolute Gasteiger partial charge is 0.456 e. The van der Waals surface area contributed by atoms with Crippen LogP contribution < -0.4 is 10.6 Å². The molecule has 1 saturated heterocycles. The first kappa shape index (κ1) is 44.6. The van der Waals surface area contributed by atoms with Gasteiger partial charge in [0, 0.05) is 42.7 Å². The highest BCUT2D eigenvalue weighted by molar-refractivity contribution is 7.10. The van der Waals surface area contributed by atoms with E-state index in [1.807, 2.05) is 0 Å². The molecule has 2 bridgehead atoms. The van der Waals surface area contributed by atoms with Crippen LogP contribution in [0.5, 0.6) is 0 Å². The summed E-state index contributed by atoms with van der Waals surface area (Å²) in [7, 11) is 0. The Balaban J connectivity index is 1.36. The van der Waals surface area contributed by atoms with Crippen LogP contribution in [0.15, 0.2) is 89.3 Å². The van der Waals surface area contributed by atoms with Gasteiger partial charge >= 0.3 is 29.9 Å². The predicted molar refractivity (Wildman–Crippen MR) is 220 cm³/mol. The second-order valence-electron chi connectivity index (χ2n) is 17.1. The number of Topliss-reactive ketones (excluding diaryl/α,β-unsaturated/α-hetero) is 1. The van der Waals surface area contributed by atoms with Crippen LogP contribution in [0.1, 0.15) is 75.7 Å². The number of carbonyl (C=O) groups excluding carboxylic acids is 6. The topological polar surface area (TPSA) is 233 Å². The SMILES string of the molecule is CC(=O)O[C@H]1C(=O)[C@@]2(C)[C@H]([C@H](OC(=O)c3ccccc3)[C@]3(O)CC(OC(=O)[C@H](O)C(NC(=O)Nc4ccccc4)c4cccs4)C(C)=C1C3(C)C)[C@]1(OC(C)=O)CO[C@@H]1C[C@@H]2O. The number of urea groups is 1. The smallest absolute Gasteiger partial charge is 0.338 e. The van der Waals surface area contributed by atoms with E-state index in [9.17, 15) is 39.3 Å². The van der Waals surface area contributed by atoms with E-state index >= 15 is 4.79 Å². The van der Waals surface area contributed by atoms with Crippen molar-refractivity contribution in [2.75, 3.05) is 11.9 Å². The molecule has 3 aromatic rings. The van der Waals surface area contributed by atoms with Gasteiger partial charge in [-0.05, 0) is 60.7 Å². The molecule has 4 aliphatic rings. The van der Waals surface area contributed by atoms with E-state index < -0.39 is 113 Å². The predicted octanol–water partition coefficient (Wildman–Crippen LogP) is 4.19. The Morgan fingerprint density at radius 2 is 1.56 bits per heavy atom. The first-order chi connectivity index (χ1) is 29.3.